The fourth-order valence-electron chi connectivity index (χ4n) is 2.89. The van der Waals surface area contributed by atoms with E-state index in [1.165, 1.54) is 4.88 Å². The molecule has 0 spiro atoms. The highest BCUT2D eigenvalue weighted by atomic mass is 32.1. The summed E-state index contributed by atoms with van der Waals surface area (Å²) < 4.78 is 5.47. The maximum atomic E-state index is 12.8. The summed E-state index contributed by atoms with van der Waals surface area (Å²) in [5, 5.41) is 5.20. The number of ether oxygens (including phenoxy) is 1. The zero-order valence-electron chi connectivity index (χ0n) is 13.1. The molecule has 4 nitrogen and oxygen atoms in total. The van der Waals surface area contributed by atoms with E-state index >= 15 is 0 Å². The Morgan fingerprint density at radius 3 is 2.67 bits per heavy atom. The maximum Gasteiger partial charge on any atom is 0.231 e. The predicted octanol–water partition coefficient (Wildman–Crippen LogP) is 2.25. The number of hydrogen-bond donors (Lipinski definition) is 1. The SMILES string of the molecule is CCN(CC)CCNC(=O)C1(c2cccs2)CCOCC1. The Morgan fingerprint density at radius 1 is 1.38 bits per heavy atom. The highest BCUT2D eigenvalue weighted by Crippen LogP contribution is 2.37. The highest BCUT2D eigenvalue weighted by molar-refractivity contribution is 7.10. The molecule has 1 aromatic heterocycles. The average Bonchev–Trinajstić information content (AvgIpc) is 3.07. The topological polar surface area (TPSA) is 41.6 Å². The molecule has 1 amide bonds. The Morgan fingerprint density at radius 2 is 2.10 bits per heavy atom. The fraction of sp³-hybridized carbons (Fsp3) is 0.688. The quantitative estimate of drug-likeness (QED) is 0.840. The largest absolute Gasteiger partial charge is 0.381 e. The standard InChI is InChI=1S/C16H26N2O2S/c1-3-18(4-2)10-9-17-15(19)16(7-11-20-12-8-16)14-6-5-13-21-14/h5-6,13H,3-4,7-12H2,1-2H3,(H,17,19). The van der Waals surface area contributed by atoms with Crippen molar-refractivity contribution in [3.05, 3.63) is 22.4 Å². The molecule has 1 aromatic rings. The van der Waals surface area contributed by atoms with Gasteiger partial charge in [-0.05, 0) is 37.4 Å². The van der Waals surface area contributed by atoms with Gasteiger partial charge in [0.15, 0.2) is 0 Å². The highest BCUT2D eigenvalue weighted by Gasteiger charge is 2.42. The smallest absolute Gasteiger partial charge is 0.231 e. The number of amides is 1. The van der Waals surface area contributed by atoms with Gasteiger partial charge in [-0.1, -0.05) is 19.9 Å². The summed E-state index contributed by atoms with van der Waals surface area (Å²) >= 11 is 1.68. The number of nitrogens with zero attached hydrogens (tertiary/aromatic N) is 1. The summed E-state index contributed by atoms with van der Waals surface area (Å²) in [4.78, 5) is 16.3. The lowest BCUT2D eigenvalue weighted by Crippen LogP contribution is -2.49. The number of nitrogens with one attached hydrogen (secondary N) is 1. The first-order valence-electron chi connectivity index (χ1n) is 7.85. The molecule has 1 aliphatic heterocycles. The van der Waals surface area contributed by atoms with Crippen molar-refractivity contribution in [3.63, 3.8) is 0 Å². The van der Waals surface area contributed by atoms with E-state index in [0.717, 1.165) is 32.5 Å². The summed E-state index contributed by atoms with van der Waals surface area (Å²) in [7, 11) is 0. The van der Waals surface area contributed by atoms with Crippen molar-refractivity contribution < 1.29 is 9.53 Å². The first-order chi connectivity index (χ1) is 10.2. The summed E-state index contributed by atoms with van der Waals surface area (Å²) in [6, 6.07) is 4.11. The van der Waals surface area contributed by atoms with Crippen LogP contribution in [0, 0.1) is 0 Å². The van der Waals surface area contributed by atoms with E-state index in [1.54, 1.807) is 11.3 Å². The van der Waals surface area contributed by atoms with E-state index in [2.05, 4.69) is 35.5 Å². The molecule has 2 heterocycles. The molecule has 1 fully saturated rings. The van der Waals surface area contributed by atoms with Crippen molar-refractivity contribution in [2.45, 2.75) is 32.1 Å². The maximum absolute atomic E-state index is 12.8. The molecule has 5 heteroatoms. The van der Waals surface area contributed by atoms with Crippen molar-refractivity contribution in [1.29, 1.82) is 0 Å². The van der Waals surface area contributed by atoms with Crippen molar-refractivity contribution in [2.24, 2.45) is 0 Å². The number of carbonyl (C=O) groups is 1. The number of likely N-dealkylation sites (N-methyl/N-ethyl adjacent to an activating group) is 1. The number of hydrogen-bond acceptors (Lipinski definition) is 4. The second-order valence-corrected chi connectivity index (χ2v) is 6.40. The minimum absolute atomic E-state index is 0.167. The van der Waals surface area contributed by atoms with Gasteiger partial charge >= 0.3 is 0 Å². The van der Waals surface area contributed by atoms with Gasteiger partial charge in [-0.15, -0.1) is 11.3 Å². The molecule has 1 N–H and O–H groups in total. The second-order valence-electron chi connectivity index (χ2n) is 5.45. The van der Waals surface area contributed by atoms with E-state index in [1.807, 2.05) is 6.07 Å². The summed E-state index contributed by atoms with van der Waals surface area (Å²) in [6.07, 6.45) is 1.56. The van der Waals surface area contributed by atoms with E-state index in [0.29, 0.717) is 19.8 Å². The van der Waals surface area contributed by atoms with Gasteiger partial charge in [0.1, 0.15) is 0 Å². The monoisotopic (exact) mass is 310 g/mol. The van der Waals surface area contributed by atoms with Crippen LogP contribution in [0.25, 0.3) is 0 Å². The van der Waals surface area contributed by atoms with Crippen LogP contribution in [0.1, 0.15) is 31.6 Å². The number of carbonyl (C=O) groups excluding carboxylic acids is 1. The van der Waals surface area contributed by atoms with Crippen LogP contribution >= 0.6 is 11.3 Å². The van der Waals surface area contributed by atoms with Crippen molar-refractivity contribution >= 4 is 17.2 Å². The molecule has 118 valence electrons. The molecular weight excluding hydrogens is 284 g/mol. The number of rotatable bonds is 7. The van der Waals surface area contributed by atoms with Crippen LogP contribution in [-0.4, -0.2) is 50.2 Å². The first-order valence-corrected chi connectivity index (χ1v) is 8.73. The lowest BCUT2D eigenvalue weighted by Gasteiger charge is -2.35. The Balaban J connectivity index is 1.99. The van der Waals surface area contributed by atoms with E-state index in [-0.39, 0.29) is 11.3 Å². The van der Waals surface area contributed by atoms with E-state index in [9.17, 15) is 4.79 Å². The Hall–Kier alpha value is -0.910. The van der Waals surface area contributed by atoms with Crippen LogP contribution < -0.4 is 5.32 Å². The first kappa shape index (κ1) is 16.5. The van der Waals surface area contributed by atoms with Crippen LogP contribution in [0.2, 0.25) is 0 Å². The third-order valence-electron chi connectivity index (χ3n) is 4.38. The Kier molecular flexibility index (Phi) is 6.21. The van der Waals surface area contributed by atoms with Crippen LogP contribution in [-0.2, 0) is 14.9 Å². The molecule has 0 saturated carbocycles. The summed E-state index contributed by atoms with van der Waals surface area (Å²) in [6.45, 7) is 9.31. The van der Waals surface area contributed by atoms with Crippen LogP contribution in [0.15, 0.2) is 17.5 Å². The third kappa shape index (κ3) is 3.84. The average molecular weight is 310 g/mol. The van der Waals surface area contributed by atoms with Gasteiger partial charge in [-0.3, -0.25) is 4.79 Å². The molecule has 1 aliphatic rings. The second kappa shape index (κ2) is 7.92. The van der Waals surface area contributed by atoms with Gasteiger partial charge < -0.3 is 15.0 Å². The van der Waals surface area contributed by atoms with Crippen molar-refractivity contribution in [2.75, 3.05) is 39.4 Å². The Labute approximate surface area is 131 Å². The molecule has 0 aliphatic carbocycles. The lowest BCUT2D eigenvalue weighted by molar-refractivity contribution is -0.130. The molecule has 0 atom stereocenters. The molecule has 2 rings (SSSR count). The van der Waals surface area contributed by atoms with Gasteiger partial charge in [0, 0.05) is 31.2 Å². The zero-order chi connectivity index (χ0) is 15.1. The fourth-order valence-corrected chi connectivity index (χ4v) is 3.88. The van der Waals surface area contributed by atoms with Crippen LogP contribution in [0.5, 0.6) is 0 Å². The molecule has 0 aromatic carbocycles. The Bertz CT molecular complexity index is 423. The molecular formula is C16H26N2O2S. The normalized spacial score (nSPS) is 17.9. The van der Waals surface area contributed by atoms with Crippen LogP contribution in [0.4, 0.5) is 0 Å². The van der Waals surface area contributed by atoms with Crippen LogP contribution in [0.3, 0.4) is 0 Å². The van der Waals surface area contributed by atoms with Gasteiger partial charge in [0.2, 0.25) is 5.91 Å². The molecule has 0 unspecified atom stereocenters. The molecule has 0 bridgehead atoms. The predicted molar refractivity (Wildman–Crippen MR) is 86.8 cm³/mol. The minimum atomic E-state index is -0.379. The van der Waals surface area contributed by atoms with Crippen molar-refractivity contribution in [3.8, 4) is 0 Å². The van der Waals surface area contributed by atoms with Gasteiger partial charge in [0.25, 0.3) is 0 Å². The lowest BCUT2D eigenvalue weighted by atomic mass is 9.78. The molecule has 21 heavy (non-hydrogen) atoms. The molecule has 1 saturated heterocycles. The van der Waals surface area contributed by atoms with E-state index in [4.69, 9.17) is 4.74 Å². The summed E-state index contributed by atoms with van der Waals surface area (Å²) in [5.74, 6) is 0.167. The third-order valence-corrected chi connectivity index (χ3v) is 5.46. The van der Waals surface area contributed by atoms with Gasteiger partial charge in [-0.2, -0.15) is 0 Å². The van der Waals surface area contributed by atoms with Gasteiger partial charge in [-0.25, -0.2) is 0 Å². The van der Waals surface area contributed by atoms with Crippen molar-refractivity contribution in [1.82, 2.24) is 10.2 Å². The van der Waals surface area contributed by atoms with E-state index < -0.39 is 0 Å². The number of thiophene rings is 1. The van der Waals surface area contributed by atoms with Gasteiger partial charge in [0.05, 0.1) is 5.41 Å². The molecule has 0 radical (unpaired) electrons. The minimum Gasteiger partial charge on any atom is -0.381 e. The summed E-state index contributed by atoms with van der Waals surface area (Å²) in [5.41, 5.74) is -0.379. The zero-order valence-corrected chi connectivity index (χ0v) is 13.9.